The largest absolute Gasteiger partial charge is 0.489 e. The summed E-state index contributed by atoms with van der Waals surface area (Å²) in [6.07, 6.45) is 5.14. The molecular weight excluding hydrogens is 383 g/mol. The average molecular weight is 413 g/mol. The summed E-state index contributed by atoms with van der Waals surface area (Å²) in [6.45, 7) is 5.70. The fourth-order valence-electron chi connectivity index (χ4n) is 3.90. The highest BCUT2D eigenvalue weighted by atomic mass is 19.1. The monoisotopic (exact) mass is 412 g/mol. The van der Waals surface area contributed by atoms with E-state index in [1.165, 1.54) is 19.2 Å². The average Bonchev–Trinajstić information content (AvgIpc) is 3.44. The SMILES string of the molecule is CC(=O)C[C@@H](C)c1ccc(O[C@@H]2CCN(c3ncnc(NCC4CC4)c3F)C2)cc1. The number of rotatable bonds is 9. The van der Waals surface area contributed by atoms with Gasteiger partial charge in [0.2, 0.25) is 5.82 Å². The van der Waals surface area contributed by atoms with Gasteiger partial charge >= 0.3 is 0 Å². The van der Waals surface area contributed by atoms with Crippen molar-refractivity contribution in [2.75, 3.05) is 29.9 Å². The molecule has 30 heavy (non-hydrogen) atoms. The molecule has 2 aliphatic rings. The van der Waals surface area contributed by atoms with Gasteiger partial charge in [0, 0.05) is 25.9 Å². The first-order chi connectivity index (χ1) is 14.5. The van der Waals surface area contributed by atoms with Gasteiger partial charge in [-0.2, -0.15) is 4.39 Å². The van der Waals surface area contributed by atoms with Crippen molar-refractivity contribution in [3.05, 3.63) is 42.0 Å². The van der Waals surface area contributed by atoms with E-state index in [2.05, 4.69) is 22.2 Å². The lowest BCUT2D eigenvalue weighted by molar-refractivity contribution is -0.117. The molecule has 6 nitrogen and oxygen atoms in total. The molecule has 0 amide bonds. The van der Waals surface area contributed by atoms with Crippen molar-refractivity contribution in [3.63, 3.8) is 0 Å². The van der Waals surface area contributed by atoms with Gasteiger partial charge < -0.3 is 19.7 Å². The fourth-order valence-corrected chi connectivity index (χ4v) is 3.90. The molecule has 1 N–H and O–H groups in total. The Morgan fingerprint density at radius 3 is 2.73 bits per heavy atom. The van der Waals surface area contributed by atoms with E-state index in [-0.39, 0.29) is 29.4 Å². The smallest absolute Gasteiger partial charge is 0.207 e. The molecule has 1 aliphatic heterocycles. The molecule has 1 saturated carbocycles. The third-order valence-corrected chi connectivity index (χ3v) is 5.82. The summed E-state index contributed by atoms with van der Waals surface area (Å²) in [7, 11) is 0. The maximum Gasteiger partial charge on any atom is 0.207 e. The topological polar surface area (TPSA) is 67.3 Å². The van der Waals surface area contributed by atoms with Crippen LogP contribution >= 0.6 is 0 Å². The quantitative estimate of drug-likeness (QED) is 0.667. The number of halogens is 1. The second kappa shape index (κ2) is 8.98. The number of hydrogen-bond donors (Lipinski definition) is 1. The summed E-state index contributed by atoms with van der Waals surface area (Å²) in [4.78, 5) is 21.5. The van der Waals surface area contributed by atoms with Crippen molar-refractivity contribution in [2.24, 2.45) is 5.92 Å². The number of nitrogens with one attached hydrogen (secondary N) is 1. The van der Waals surface area contributed by atoms with E-state index in [4.69, 9.17) is 4.74 Å². The first kappa shape index (κ1) is 20.6. The van der Waals surface area contributed by atoms with Crippen LogP contribution in [0.3, 0.4) is 0 Å². The van der Waals surface area contributed by atoms with Gasteiger partial charge in [0.1, 0.15) is 24.0 Å². The normalized spacial score (nSPS) is 19.6. The van der Waals surface area contributed by atoms with E-state index in [0.29, 0.717) is 31.2 Å². The highest BCUT2D eigenvalue weighted by molar-refractivity contribution is 5.76. The minimum Gasteiger partial charge on any atom is -0.489 e. The number of ketones is 1. The Balaban J connectivity index is 1.34. The van der Waals surface area contributed by atoms with Crippen molar-refractivity contribution in [2.45, 2.75) is 51.6 Å². The summed E-state index contributed by atoms with van der Waals surface area (Å²) >= 11 is 0. The van der Waals surface area contributed by atoms with Gasteiger partial charge in [-0.05, 0) is 49.3 Å². The Morgan fingerprint density at radius 2 is 2.03 bits per heavy atom. The van der Waals surface area contributed by atoms with Crippen molar-refractivity contribution in [1.82, 2.24) is 9.97 Å². The Kier molecular flexibility index (Phi) is 6.16. The van der Waals surface area contributed by atoms with Gasteiger partial charge in [-0.1, -0.05) is 19.1 Å². The van der Waals surface area contributed by atoms with Crippen molar-refractivity contribution in [3.8, 4) is 5.75 Å². The number of anilines is 2. The van der Waals surface area contributed by atoms with Crippen molar-refractivity contribution >= 4 is 17.4 Å². The summed E-state index contributed by atoms with van der Waals surface area (Å²) in [5, 5.41) is 3.11. The van der Waals surface area contributed by atoms with Gasteiger partial charge in [-0.25, -0.2) is 9.97 Å². The van der Waals surface area contributed by atoms with Gasteiger partial charge in [-0.3, -0.25) is 0 Å². The first-order valence-electron chi connectivity index (χ1n) is 10.7. The van der Waals surface area contributed by atoms with E-state index in [0.717, 1.165) is 24.3 Å². The van der Waals surface area contributed by atoms with Gasteiger partial charge in [0.05, 0.1) is 6.54 Å². The minimum absolute atomic E-state index is 0.0252. The predicted molar refractivity (Wildman–Crippen MR) is 115 cm³/mol. The second-order valence-corrected chi connectivity index (χ2v) is 8.53. The van der Waals surface area contributed by atoms with E-state index >= 15 is 0 Å². The van der Waals surface area contributed by atoms with Crippen LogP contribution in [0.2, 0.25) is 0 Å². The molecule has 2 fully saturated rings. The van der Waals surface area contributed by atoms with Crippen LogP contribution in [0, 0.1) is 11.7 Å². The summed E-state index contributed by atoms with van der Waals surface area (Å²) < 4.78 is 21.0. The van der Waals surface area contributed by atoms with Crippen LogP contribution in [0.5, 0.6) is 5.75 Å². The van der Waals surface area contributed by atoms with Crippen LogP contribution in [0.25, 0.3) is 0 Å². The Labute approximate surface area is 176 Å². The van der Waals surface area contributed by atoms with Crippen LogP contribution in [-0.4, -0.2) is 41.5 Å². The number of ether oxygens (including phenoxy) is 1. The number of benzene rings is 1. The second-order valence-electron chi connectivity index (χ2n) is 8.53. The number of Topliss-reactive ketones (excluding diaryl/α,β-unsaturated/α-hetero) is 1. The molecule has 160 valence electrons. The Morgan fingerprint density at radius 1 is 1.27 bits per heavy atom. The molecule has 2 heterocycles. The molecule has 7 heteroatoms. The number of hydrogen-bond acceptors (Lipinski definition) is 6. The first-order valence-corrected chi connectivity index (χ1v) is 10.7. The van der Waals surface area contributed by atoms with Crippen LogP contribution in [-0.2, 0) is 4.79 Å². The van der Waals surface area contributed by atoms with Gasteiger partial charge in [0.15, 0.2) is 11.6 Å². The lowest BCUT2D eigenvalue weighted by Gasteiger charge is -2.19. The molecular formula is C23H29FN4O2. The molecule has 1 aromatic heterocycles. The van der Waals surface area contributed by atoms with E-state index in [1.807, 2.05) is 29.2 Å². The molecule has 0 bridgehead atoms. The molecule has 1 aliphatic carbocycles. The lowest BCUT2D eigenvalue weighted by Crippen LogP contribution is -2.26. The number of carbonyl (C=O) groups is 1. The molecule has 0 radical (unpaired) electrons. The zero-order valence-electron chi connectivity index (χ0n) is 17.6. The van der Waals surface area contributed by atoms with E-state index in [1.54, 1.807) is 6.92 Å². The highest BCUT2D eigenvalue weighted by Crippen LogP contribution is 2.31. The maximum atomic E-state index is 14.9. The fraction of sp³-hybridized carbons (Fsp3) is 0.522. The standard InChI is InChI=1S/C23H29FN4O2/c1-15(11-16(2)29)18-5-7-19(8-6-18)30-20-9-10-28(13-20)23-21(24)22(26-14-27-23)25-12-17-3-4-17/h5-8,14-15,17,20H,3-4,9-13H2,1-2H3,(H,25,26,27)/t15-,20-/m1/s1. The number of nitrogens with zero attached hydrogens (tertiary/aromatic N) is 3. The zero-order chi connectivity index (χ0) is 21.1. The van der Waals surface area contributed by atoms with Gasteiger partial charge in [0.25, 0.3) is 0 Å². The number of aromatic nitrogens is 2. The Hall–Kier alpha value is -2.70. The molecule has 0 unspecified atom stereocenters. The summed E-state index contributed by atoms with van der Waals surface area (Å²) in [5.74, 6) is 2.05. The molecule has 4 rings (SSSR count). The van der Waals surface area contributed by atoms with E-state index < -0.39 is 0 Å². The molecule has 0 spiro atoms. The van der Waals surface area contributed by atoms with Crippen LogP contribution in [0.1, 0.15) is 51.0 Å². The van der Waals surface area contributed by atoms with Crippen LogP contribution < -0.4 is 15.0 Å². The molecule has 2 atom stereocenters. The minimum atomic E-state index is -0.386. The summed E-state index contributed by atoms with van der Waals surface area (Å²) in [5.41, 5.74) is 1.12. The third-order valence-electron chi connectivity index (χ3n) is 5.82. The maximum absolute atomic E-state index is 14.9. The molecule has 2 aromatic rings. The Bertz CT molecular complexity index is 885. The van der Waals surface area contributed by atoms with Gasteiger partial charge in [-0.15, -0.1) is 0 Å². The predicted octanol–water partition coefficient (Wildman–Crippen LogP) is 4.18. The van der Waals surface area contributed by atoms with Crippen molar-refractivity contribution < 1.29 is 13.9 Å². The van der Waals surface area contributed by atoms with Crippen LogP contribution in [0.15, 0.2) is 30.6 Å². The van der Waals surface area contributed by atoms with Crippen LogP contribution in [0.4, 0.5) is 16.0 Å². The third kappa shape index (κ3) is 5.07. The summed E-state index contributed by atoms with van der Waals surface area (Å²) in [6, 6.07) is 7.91. The lowest BCUT2D eigenvalue weighted by atomic mass is 9.96. The highest BCUT2D eigenvalue weighted by Gasteiger charge is 2.29. The number of carbonyl (C=O) groups excluding carboxylic acids is 1. The molecule has 1 saturated heterocycles. The van der Waals surface area contributed by atoms with Crippen molar-refractivity contribution in [1.29, 1.82) is 0 Å². The van der Waals surface area contributed by atoms with E-state index in [9.17, 15) is 9.18 Å². The molecule has 1 aromatic carbocycles. The zero-order valence-corrected chi connectivity index (χ0v) is 17.6.